The fourth-order valence-electron chi connectivity index (χ4n) is 1.86. The lowest BCUT2D eigenvalue weighted by Crippen LogP contribution is -2.03. The molecule has 0 bridgehead atoms. The van der Waals surface area contributed by atoms with E-state index in [1.54, 1.807) is 0 Å². The molecule has 0 atom stereocenters. The maximum Gasteiger partial charge on any atom is 0.212 e. The van der Waals surface area contributed by atoms with Crippen LogP contribution < -0.4 is 4.98 Å². The van der Waals surface area contributed by atoms with Gasteiger partial charge >= 0.3 is 0 Å². The molecule has 15 heavy (non-hydrogen) atoms. The first-order chi connectivity index (χ1) is 7.45. The van der Waals surface area contributed by atoms with Crippen molar-refractivity contribution in [2.45, 2.75) is 0 Å². The van der Waals surface area contributed by atoms with Gasteiger partial charge in [-0.05, 0) is 12.1 Å². The maximum absolute atomic E-state index is 3.27. The Morgan fingerprint density at radius 1 is 0.933 bits per heavy atom. The minimum atomic E-state index is 1.13. The Morgan fingerprint density at radius 2 is 1.80 bits per heavy atom. The number of rotatable bonds is 1. The normalized spacial score (nSPS) is 10.7. The van der Waals surface area contributed by atoms with Gasteiger partial charge in [-0.2, -0.15) is 0 Å². The third-order valence-corrected chi connectivity index (χ3v) is 2.59. The highest BCUT2D eigenvalue weighted by Gasteiger charge is 2.09. The van der Waals surface area contributed by atoms with Crippen LogP contribution in [0.5, 0.6) is 0 Å². The fourth-order valence-corrected chi connectivity index (χ4v) is 1.86. The van der Waals surface area contributed by atoms with E-state index in [4.69, 9.17) is 0 Å². The van der Waals surface area contributed by atoms with E-state index in [-0.39, 0.29) is 0 Å². The fraction of sp³-hybridized carbons (Fsp3) is 0. The predicted octanol–water partition coefficient (Wildman–Crippen LogP) is 2.65. The van der Waals surface area contributed by atoms with Crippen molar-refractivity contribution in [3.63, 3.8) is 0 Å². The van der Waals surface area contributed by atoms with Crippen molar-refractivity contribution in [3.8, 4) is 11.3 Å². The number of benzene rings is 1. The first kappa shape index (κ1) is 8.24. The van der Waals surface area contributed by atoms with Crippen LogP contribution in [0.1, 0.15) is 0 Å². The van der Waals surface area contributed by atoms with Crippen molar-refractivity contribution in [1.29, 1.82) is 0 Å². The molecule has 2 N–H and O–H groups in total. The van der Waals surface area contributed by atoms with Crippen LogP contribution in [0, 0.1) is 0 Å². The van der Waals surface area contributed by atoms with Gasteiger partial charge in [-0.3, -0.25) is 0 Å². The van der Waals surface area contributed by atoms with E-state index in [2.05, 4.69) is 34.2 Å². The summed E-state index contributed by atoms with van der Waals surface area (Å²) in [5, 5.41) is 1.25. The van der Waals surface area contributed by atoms with Crippen LogP contribution in [-0.4, -0.2) is 4.98 Å². The third kappa shape index (κ3) is 1.31. The molecule has 2 aromatic heterocycles. The SMILES string of the molecule is c1ccc(-c2c[nH]c3ccccc23)[nH+]c1. The first-order valence-corrected chi connectivity index (χ1v) is 4.98. The van der Waals surface area contributed by atoms with Crippen LogP contribution in [-0.2, 0) is 0 Å². The van der Waals surface area contributed by atoms with E-state index < -0.39 is 0 Å². The lowest BCUT2D eigenvalue weighted by molar-refractivity contribution is -0.364. The molecule has 0 aliphatic heterocycles. The number of para-hydroxylation sites is 1. The Kier molecular flexibility index (Phi) is 1.78. The summed E-state index contributed by atoms with van der Waals surface area (Å²) in [5.74, 6) is 0. The van der Waals surface area contributed by atoms with E-state index in [1.165, 1.54) is 16.5 Å². The van der Waals surface area contributed by atoms with Gasteiger partial charge in [0.2, 0.25) is 5.69 Å². The summed E-state index contributed by atoms with van der Waals surface area (Å²) in [6.45, 7) is 0. The van der Waals surface area contributed by atoms with Gasteiger partial charge in [0.25, 0.3) is 0 Å². The number of aromatic amines is 2. The molecule has 0 fully saturated rings. The zero-order valence-corrected chi connectivity index (χ0v) is 8.20. The van der Waals surface area contributed by atoms with Gasteiger partial charge in [-0.15, -0.1) is 0 Å². The van der Waals surface area contributed by atoms with E-state index in [1.807, 2.05) is 30.6 Å². The van der Waals surface area contributed by atoms with Crippen LogP contribution in [0.3, 0.4) is 0 Å². The molecule has 3 rings (SSSR count). The first-order valence-electron chi connectivity index (χ1n) is 4.98. The van der Waals surface area contributed by atoms with Crippen LogP contribution in [0.15, 0.2) is 54.9 Å². The van der Waals surface area contributed by atoms with Crippen molar-refractivity contribution in [2.24, 2.45) is 0 Å². The molecule has 3 aromatic rings. The molecule has 0 saturated carbocycles. The lowest BCUT2D eigenvalue weighted by atomic mass is 10.1. The number of pyridine rings is 1. The maximum atomic E-state index is 3.27. The Morgan fingerprint density at radius 3 is 2.67 bits per heavy atom. The van der Waals surface area contributed by atoms with E-state index in [0.717, 1.165) is 5.69 Å². The Hall–Kier alpha value is -2.09. The lowest BCUT2D eigenvalue weighted by Gasteiger charge is -1.92. The summed E-state index contributed by atoms with van der Waals surface area (Å²) >= 11 is 0. The summed E-state index contributed by atoms with van der Waals surface area (Å²) in [5.41, 5.74) is 3.52. The average molecular weight is 195 g/mol. The quantitative estimate of drug-likeness (QED) is 0.618. The molecule has 1 aromatic carbocycles. The van der Waals surface area contributed by atoms with E-state index >= 15 is 0 Å². The van der Waals surface area contributed by atoms with Crippen molar-refractivity contribution < 1.29 is 4.98 Å². The summed E-state index contributed by atoms with van der Waals surface area (Å²) in [6, 6.07) is 14.4. The average Bonchev–Trinajstić information content (AvgIpc) is 2.74. The van der Waals surface area contributed by atoms with Crippen molar-refractivity contribution in [3.05, 3.63) is 54.9 Å². The molecule has 2 heterocycles. The molecule has 0 unspecified atom stereocenters. The minimum absolute atomic E-state index is 1.13. The molecule has 72 valence electrons. The minimum Gasteiger partial charge on any atom is -0.360 e. The topological polar surface area (TPSA) is 29.9 Å². The number of fused-ring (bicyclic) bond motifs is 1. The number of aromatic nitrogens is 2. The Balaban J connectivity index is 2.28. The van der Waals surface area contributed by atoms with Crippen LogP contribution in [0.2, 0.25) is 0 Å². The van der Waals surface area contributed by atoms with Crippen molar-refractivity contribution in [1.82, 2.24) is 4.98 Å². The Bertz CT molecular complexity index is 582. The van der Waals surface area contributed by atoms with Crippen molar-refractivity contribution >= 4 is 10.9 Å². The molecular weight excluding hydrogens is 184 g/mol. The summed E-state index contributed by atoms with van der Waals surface area (Å²) in [4.78, 5) is 6.51. The zero-order chi connectivity index (χ0) is 10.1. The largest absolute Gasteiger partial charge is 0.360 e. The second kappa shape index (κ2) is 3.24. The highest BCUT2D eigenvalue weighted by Crippen LogP contribution is 2.24. The predicted molar refractivity (Wildman–Crippen MR) is 60.3 cm³/mol. The van der Waals surface area contributed by atoms with Gasteiger partial charge in [0.05, 0.1) is 5.56 Å². The van der Waals surface area contributed by atoms with Crippen LogP contribution in [0.25, 0.3) is 22.2 Å². The van der Waals surface area contributed by atoms with Gasteiger partial charge in [-0.1, -0.05) is 18.2 Å². The second-order valence-electron chi connectivity index (χ2n) is 3.52. The van der Waals surface area contributed by atoms with Gasteiger partial charge in [0.1, 0.15) is 0 Å². The van der Waals surface area contributed by atoms with Crippen molar-refractivity contribution in [2.75, 3.05) is 0 Å². The van der Waals surface area contributed by atoms with Gasteiger partial charge < -0.3 is 4.98 Å². The molecule has 0 amide bonds. The standard InChI is InChI=1S/C13H10N2/c1-2-6-12-10(5-1)11(9-15-12)13-7-3-4-8-14-13/h1-9,15H/p+1. The zero-order valence-electron chi connectivity index (χ0n) is 8.20. The molecule has 0 aliphatic rings. The molecular formula is C13H11N2+. The number of H-pyrrole nitrogens is 2. The van der Waals surface area contributed by atoms with Gasteiger partial charge in [0, 0.05) is 29.2 Å². The summed E-state index contributed by atoms with van der Waals surface area (Å²) < 4.78 is 0. The highest BCUT2D eigenvalue weighted by molar-refractivity contribution is 5.93. The van der Waals surface area contributed by atoms with Gasteiger partial charge in [-0.25, -0.2) is 4.98 Å². The molecule has 2 heteroatoms. The summed E-state index contributed by atoms with van der Waals surface area (Å²) in [6.07, 6.45) is 3.98. The van der Waals surface area contributed by atoms with E-state index in [9.17, 15) is 0 Å². The summed E-state index contributed by atoms with van der Waals surface area (Å²) in [7, 11) is 0. The second-order valence-corrected chi connectivity index (χ2v) is 3.52. The third-order valence-electron chi connectivity index (χ3n) is 2.59. The number of hydrogen-bond acceptors (Lipinski definition) is 0. The molecule has 0 spiro atoms. The highest BCUT2D eigenvalue weighted by atomic mass is 14.7. The molecule has 0 aliphatic carbocycles. The molecule has 0 saturated heterocycles. The van der Waals surface area contributed by atoms with E-state index in [0.29, 0.717) is 0 Å². The number of hydrogen-bond donors (Lipinski definition) is 1. The Labute approximate surface area is 87.6 Å². The molecule has 0 radical (unpaired) electrons. The smallest absolute Gasteiger partial charge is 0.212 e. The number of nitrogens with one attached hydrogen (secondary N) is 2. The molecule has 2 nitrogen and oxygen atoms in total. The van der Waals surface area contributed by atoms with Gasteiger partial charge in [0.15, 0.2) is 6.20 Å². The van der Waals surface area contributed by atoms with Crippen LogP contribution in [0.4, 0.5) is 0 Å². The van der Waals surface area contributed by atoms with Crippen LogP contribution >= 0.6 is 0 Å². The monoisotopic (exact) mass is 195 g/mol.